The minimum Gasteiger partial charge on any atom is -0.478 e. The molecule has 0 saturated heterocycles. The molecule has 4 N–H and O–H groups in total. The van der Waals surface area contributed by atoms with Crippen molar-refractivity contribution in [1.82, 2.24) is 0 Å². The van der Waals surface area contributed by atoms with Crippen LogP contribution in [0.2, 0.25) is 0 Å². The SMILES string of the molecule is CCC(O)C(Cc1ccccc1)C(Cc1ccccc1)C(C)O.O=C(O)c1ccccc1.O=C(O)c1ccccc1. The van der Waals surface area contributed by atoms with Crippen LogP contribution in [-0.4, -0.2) is 44.6 Å². The standard InChI is InChI=1S/C21H28O2.2C7H6O2/c1-3-21(23)20(15-18-12-8-5-9-13-18)19(16(2)22)14-17-10-6-4-7-11-17;2*8-7(9)6-4-2-1-3-5-6/h4-13,16,19-23H,3,14-15H2,1-2H3;2*1-5H,(H,8,9). The first-order chi connectivity index (χ1) is 19.7. The first-order valence-corrected chi connectivity index (χ1v) is 13.7. The second-order valence-electron chi connectivity index (χ2n) is 9.77. The lowest BCUT2D eigenvalue weighted by Crippen LogP contribution is -2.36. The Morgan fingerprint density at radius 3 is 1.15 bits per heavy atom. The van der Waals surface area contributed by atoms with Crippen molar-refractivity contribution in [2.75, 3.05) is 0 Å². The second kappa shape index (κ2) is 18.2. The van der Waals surface area contributed by atoms with E-state index in [0.29, 0.717) is 17.5 Å². The van der Waals surface area contributed by atoms with E-state index in [0.717, 1.165) is 12.8 Å². The predicted octanol–water partition coefficient (Wildman–Crippen LogP) is 6.63. The van der Waals surface area contributed by atoms with Crippen LogP contribution in [0.15, 0.2) is 121 Å². The number of benzene rings is 4. The normalized spacial score (nSPS) is 13.2. The summed E-state index contributed by atoms with van der Waals surface area (Å²) >= 11 is 0. The van der Waals surface area contributed by atoms with Crippen LogP contribution in [0.3, 0.4) is 0 Å². The molecule has 0 heterocycles. The molecule has 41 heavy (non-hydrogen) atoms. The van der Waals surface area contributed by atoms with Crippen LogP contribution in [0.5, 0.6) is 0 Å². The van der Waals surface area contributed by atoms with Crippen LogP contribution in [-0.2, 0) is 12.8 Å². The van der Waals surface area contributed by atoms with Gasteiger partial charge < -0.3 is 20.4 Å². The predicted molar refractivity (Wildman–Crippen MR) is 162 cm³/mol. The van der Waals surface area contributed by atoms with Crippen LogP contribution < -0.4 is 0 Å². The maximum Gasteiger partial charge on any atom is 0.335 e. The van der Waals surface area contributed by atoms with E-state index in [1.807, 2.05) is 50.2 Å². The topological polar surface area (TPSA) is 115 Å². The first-order valence-electron chi connectivity index (χ1n) is 13.7. The van der Waals surface area contributed by atoms with E-state index in [-0.39, 0.29) is 11.8 Å². The van der Waals surface area contributed by atoms with E-state index in [4.69, 9.17) is 10.2 Å². The van der Waals surface area contributed by atoms with Crippen molar-refractivity contribution in [3.63, 3.8) is 0 Å². The third-order valence-electron chi connectivity index (χ3n) is 6.75. The zero-order valence-electron chi connectivity index (χ0n) is 23.6. The molecule has 4 unspecified atom stereocenters. The van der Waals surface area contributed by atoms with Gasteiger partial charge in [0.05, 0.1) is 23.3 Å². The van der Waals surface area contributed by atoms with E-state index in [9.17, 15) is 19.8 Å². The summed E-state index contributed by atoms with van der Waals surface area (Å²) in [6.45, 7) is 3.85. The van der Waals surface area contributed by atoms with Gasteiger partial charge in [-0.25, -0.2) is 9.59 Å². The molecule has 0 radical (unpaired) electrons. The molecule has 6 heteroatoms. The van der Waals surface area contributed by atoms with Gasteiger partial charge in [0.25, 0.3) is 0 Å². The lowest BCUT2D eigenvalue weighted by atomic mass is 9.76. The maximum atomic E-state index is 10.6. The number of carboxylic acid groups (broad SMARTS) is 2. The zero-order valence-corrected chi connectivity index (χ0v) is 23.6. The number of carbonyl (C=O) groups is 2. The third-order valence-corrected chi connectivity index (χ3v) is 6.75. The maximum absolute atomic E-state index is 10.6. The quantitative estimate of drug-likeness (QED) is 0.174. The summed E-state index contributed by atoms with van der Waals surface area (Å²) in [6.07, 6.45) is 1.42. The van der Waals surface area contributed by atoms with Crippen molar-refractivity contribution in [3.8, 4) is 0 Å². The number of hydrogen-bond donors (Lipinski definition) is 4. The van der Waals surface area contributed by atoms with Gasteiger partial charge in [-0.1, -0.05) is 104 Å². The molecule has 0 bridgehead atoms. The molecule has 0 fully saturated rings. The summed E-state index contributed by atoms with van der Waals surface area (Å²) in [6, 6.07) is 37.1. The van der Waals surface area contributed by atoms with Gasteiger partial charge in [-0.2, -0.15) is 0 Å². The number of aromatic carboxylic acids is 2. The molecular weight excluding hydrogens is 516 g/mol. The van der Waals surface area contributed by atoms with Gasteiger partial charge >= 0.3 is 11.9 Å². The highest BCUT2D eigenvalue weighted by molar-refractivity contribution is 5.87. The van der Waals surface area contributed by atoms with Crippen molar-refractivity contribution >= 4 is 11.9 Å². The fraction of sp³-hybridized carbons (Fsp3) is 0.257. The first kappa shape index (κ1) is 32.9. The Kier molecular flexibility index (Phi) is 14.6. The zero-order chi connectivity index (χ0) is 30.0. The molecule has 0 aliphatic rings. The summed E-state index contributed by atoms with van der Waals surface area (Å²) in [4.78, 5) is 20.4. The van der Waals surface area contributed by atoms with Crippen LogP contribution in [0, 0.1) is 11.8 Å². The van der Waals surface area contributed by atoms with Crippen molar-refractivity contribution in [2.24, 2.45) is 11.8 Å². The Balaban J connectivity index is 0.000000265. The summed E-state index contributed by atoms with van der Waals surface area (Å²) < 4.78 is 0. The Morgan fingerprint density at radius 1 is 0.561 bits per heavy atom. The van der Waals surface area contributed by atoms with Crippen molar-refractivity contribution in [3.05, 3.63) is 144 Å². The highest BCUT2D eigenvalue weighted by Crippen LogP contribution is 2.29. The Morgan fingerprint density at radius 2 is 0.878 bits per heavy atom. The lowest BCUT2D eigenvalue weighted by molar-refractivity contribution is 0.0127. The van der Waals surface area contributed by atoms with Crippen molar-refractivity contribution in [2.45, 2.75) is 45.3 Å². The van der Waals surface area contributed by atoms with Crippen molar-refractivity contribution in [1.29, 1.82) is 0 Å². The minimum atomic E-state index is -0.879. The number of hydrogen-bond acceptors (Lipinski definition) is 4. The average Bonchev–Trinajstić information content (AvgIpc) is 3.01. The van der Waals surface area contributed by atoms with Gasteiger partial charge in [-0.3, -0.25) is 0 Å². The highest BCUT2D eigenvalue weighted by atomic mass is 16.4. The fourth-order valence-corrected chi connectivity index (χ4v) is 4.49. The molecule has 0 aliphatic heterocycles. The number of aliphatic hydroxyl groups is 2. The van der Waals surface area contributed by atoms with Crippen LogP contribution in [0.25, 0.3) is 0 Å². The van der Waals surface area contributed by atoms with Crippen LogP contribution in [0.4, 0.5) is 0 Å². The number of carboxylic acids is 2. The van der Waals surface area contributed by atoms with Gasteiger partial charge in [0, 0.05) is 0 Å². The van der Waals surface area contributed by atoms with Crippen LogP contribution >= 0.6 is 0 Å². The summed E-state index contributed by atoms with van der Waals surface area (Å²) in [5, 5.41) is 37.7. The number of aliphatic hydroxyl groups excluding tert-OH is 2. The van der Waals surface area contributed by atoms with E-state index < -0.39 is 24.1 Å². The van der Waals surface area contributed by atoms with Gasteiger partial charge in [-0.05, 0) is 73.4 Å². The summed E-state index contributed by atoms with van der Waals surface area (Å²) in [5.41, 5.74) is 3.08. The Bertz CT molecular complexity index is 1210. The van der Waals surface area contributed by atoms with Gasteiger partial charge in [0.1, 0.15) is 0 Å². The monoisotopic (exact) mass is 556 g/mol. The molecule has 4 atom stereocenters. The average molecular weight is 557 g/mol. The minimum absolute atomic E-state index is 0.0348. The van der Waals surface area contributed by atoms with Crippen LogP contribution in [0.1, 0.15) is 52.1 Å². The van der Waals surface area contributed by atoms with Crippen molar-refractivity contribution < 1.29 is 30.0 Å². The molecule has 4 aromatic carbocycles. The van der Waals surface area contributed by atoms with E-state index in [1.54, 1.807) is 60.7 Å². The largest absolute Gasteiger partial charge is 0.478 e. The molecule has 0 amide bonds. The van der Waals surface area contributed by atoms with E-state index in [1.165, 1.54) is 11.1 Å². The highest BCUT2D eigenvalue weighted by Gasteiger charge is 2.31. The smallest absolute Gasteiger partial charge is 0.335 e. The summed E-state index contributed by atoms with van der Waals surface area (Å²) in [5.74, 6) is -1.68. The van der Waals surface area contributed by atoms with E-state index in [2.05, 4.69) is 24.3 Å². The molecule has 0 aromatic heterocycles. The van der Waals surface area contributed by atoms with Gasteiger partial charge in [-0.15, -0.1) is 0 Å². The molecule has 6 nitrogen and oxygen atoms in total. The lowest BCUT2D eigenvalue weighted by Gasteiger charge is -2.33. The second-order valence-corrected chi connectivity index (χ2v) is 9.77. The molecular formula is C35H40O6. The molecule has 4 aromatic rings. The summed E-state index contributed by atoms with van der Waals surface area (Å²) in [7, 11) is 0. The molecule has 0 saturated carbocycles. The molecule has 216 valence electrons. The molecule has 0 aliphatic carbocycles. The Labute approximate surface area is 242 Å². The van der Waals surface area contributed by atoms with Gasteiger partial charge in [0.2, 0.25) is 0 Å². The molecule has 4 rings (SSSR count). The third kappa shape index (κ3) is 12.2. The Hall–Kier alpha value is -4.26. The molecule has 0 spiro atoms. The number of rotatable bonds is 10. The fourth-order valence-electron chi connectivity index (χ4n) is 4.49. The van der Waals surface area contributed by atoms with E-state index >= 15 is 0 Å². The van der Waals surface area contributed by atoms with Gasteiger partial charge in [0.15, 0.2) is 0 Å².